The van der Waals surface area contributed by atoms with E-state index in [9.17, 15) is 0 Å². The maximum absolute atomic E-state index is 2.49. The van der Waals surface area contributed by atoms with E-state index >= 15 is 0 Å². The van der Waals surface area contributed by atoms with Crippen molar-refractivity contribution in [1.82, 2.24) is 4.57 Å². The zero-order valence-electron chi connectivity index (χ0n) is 14.7. The van der Waals surface area contributed by atoms with Crippen molar-refractivity contribution in [2.24, 2.45) is 0 Å². The minimum absolute atomic E-state index is 1.15. The van der Waals surface area contributed by atoms with E-state index in [-0.39, 0.29) is 0 Å². The van der Waals surface area contributed by atoms with E-state index in [4.69, 9.17) is 0 Å². The summed E-state index contributed by atoms with van der Waals surface area (Å²) in [7, 11) is 0. The molecule has 0 aromatic carbocycles. The van der Waals surface area contributed by atoms with Gasteiger partial charge in [-0.1, -0.05) is 59.3 Å². The van der Waals surface area contributed by atoms with E-state index in [1.165, 1.54) is 83.1 Å². The van der Waals surface area contributed by atoms with Crippen LogP contribution >= 0.6 is 0 Å². The van der Waals surface area contributed by atoms with Crippen LogP contribution in [0.4, 0.5) is 0 Å². The Bertz CT molecular complexity index is 354. The molecular weight excluding hydrogens is 256 g/mol. The summed E-state index contributed by atoms with van der Waals surface area (Å²) in [5.41, 5.74) is 0. The Morgan fingerprint density at radius 3 is 2.10 bits per heavy atom. The van der Waals surface area contributed by atoms with Gasteiger partial charge in [-0.05, 0) is 25.7 Å². The van der Waals surface area contributed by atoms with Crippen LogP contribution in [0.15, 0.2) is 12.4 Å². The fourth-order valence-electron chi connectivity index (χ4n) is 3.08. The van der Waals surface area contributed by atoms with Gasteiger partial charge in [0.25, 0.3) is 5.82 Å². The Balaban J connectivity index is 2.32. The van der Waals surface area contributed by atoms with Crippen LogP contribution in [-0.2, 0) is 19.5 Å². The maximum atomic E-state index is 2.49. The van der Waals surface area contributed by atoms with Crippen molar-refractivity contribution in [3.63, 3.8) is 0 Å². The van der Waals surface area contributed by atoms with Crippen LogP contribution in [0.25, 0.3) is 0 Å². The predicted octanol–water partition coefficient (Wildman–Crippen LogP) is 5.28. The van der Waals surface area contributed by atoms with E-state index in [1.54, 1.807) is 0 Å². The maximum Gasteiger partial charge on any atom is 0.256 e. The van der Waals surface area contributed by atoms with E-state index in [2.05, 4.69) is 42.3 Å². The summed E-state index contributed by atoms with van der Waals surface area (Å²) < 4.78 is 4.96. The van der Waals surface area contributed by atoms with Crippen molar-refractivity contribution in [1.29, 1.82) is 0 Å². The molecule has 0 N–H and O–H groups in total. The van der Waals surface area contributed by atoms with Crippen LogP contribution in [-0.4, -0.2) is 4.57 Å². The summed E-state index contributed by atoms with van der Waals surface area (Å²) in [5.74, 6) is 1.51. The third-order valence-corrected chi connectivity index (χ3v) is 4.41. The third-order valence-electron chi connectivity index (χ3n) is 4.41. The van der Waals surface area contributed by atoms with Crippen LogP contribution in [0.3, 0.4) is 0 Å². The van der Waals surface area contributed by atoms with Gasteiger partial charge in [-0.2, -0.15) is 0 Å². The second-order valence-corrected chi connectivity index (χ2v) is 6.28. The smallest absolute Gasteiger partial charge is 0.234 e. The second kappa shape index (κ2) is 11.8. The molecular formula is C19H37N2+. The lowest BCUT2D eigenvalue weighted by Gasteiger charge is -2.04. The summed E-state index contributed by atoms with van der Waals surface area (Å²) >= 11 is 0. The minimum atomic E-state index is 1.15. The Hall–Kier alpha value is -0.790. The van der Waals surface area contributed by atoms with Gasteiger partial charge in [-0.25, -0.2) is 9.13 Å². The largest absolute Gasteiger partial charge is 0.256 e. The van der Waals surface area contributed by atoms with Gasteiger partial charge < -0.3 is 0 Å². The van der Waals surface area contributed by atoms with Gasteiger partial charge in [-0.3, -0.25) is 0 Å². The van der Waals surface area contributed by atoms with Gasteiger partial charge in [0, 0.05) is 6.42 Å². The second-order valence-electron chi connectivity index (χ2n) is 6.28. The highest BCUT2D eigenvalue weighted by atomic mass is 15.1. The molecule has 1 aromatic heterocycles. The fraction of sp³-hybridized carbons (Fsp3) is 0.842. The van der Waals surface area contributed by atoms with Crippen LogP contribution < -0.4 is 4.57 Å². The SMILES string of the molecule is CCCCCCCC[n+]1ccn(CCCCCC)c1CC. The molecule has 1 heterocycles. The monoisotopic (exact) mass is 293 g/mol. The number of imidazole rings is 1. The first-order chi connectivity index (χ1) is 10.3. The zero-order chi connectivity index (χ0) is 15.3. The van der Waals surface area contributed by atoms with Gasteiger partial charge in [0.05, 0.1) is 13.1 Å². The van der Waals surface area contributed by atoms with Crippen molar-refractivity contribution < 1.29 is 4.57 Å². The number of nitrogens with zero attached hydrogens (tertiary/aromatic N) is 2. The Morgan fingerprint density at radius 2 is 1.43 bits per heavy atom. The number of aromatic nitrogens is 2. The van der Waals surface area contributed by atoms with Crippen molar-refractivity contribution in [2.75, 3.05) is 0 Å². The number of rotatable bonds is 13. The molecule has 0 fully saturated rings. The van der Waals surface area contributed by atoms with Gasteiger partial charge in [0.15, 0.2) is 0 Å². The molecule has 0 bridgehead atoms. The topological polar surface area (TPSA) is 8.81 Å². The first-order valence-corrected chi connectivity index (χ1v) is 9.40. The summed E-state index contributed by atoms with van der Waals surface area (Å²) in [4.78, 5) is 0. The molecule has 0 amide bonds. The molecule has 122 valence electrons. The quantitative estimate of drug-likeness (QED) is 0.346. The Labute approximate surface area is 132 Å². The lowest BCUT2D eigenvalue weighted by atomic mass is 10.1. The van der Waals surface area contributed by atoms with Gasteiger partial charge >= 0.3 is 0 Å². The molecule has 0 unspecified atom stereocenters. The molecule has 0 saturated carbocycles. The number of hydrogen-bond donors (Lipinski definition) is 0. The van der Waals surface area contributed by atoms with Crippen LogP contribution in [0.1, 0.15) is 90.8 Å². The molecule has 0 saturated heterocycles. The molecule has 21 heavy (non-hydrogen) atoms. The normalized spacial score (nSPS) is 11.2. The highest BCUT2D eigenvalue weighted by Crippen LogP contribution is 2.07. The van der Waals surface area contributed by atoms with Crippen molar-refractivity contribution in [3.8, 4) is 0 Å². The first-order valence-electron chi connectivity index (χ1n) is 9.40. The van der Waals surface area contributed by atoms with Crippen LogP contribution in [0.2, 0.25) is 0 Å². The fourth-order valence-corrected chi connectivity index (χ4v) is 3.08. The van der Waals surface area contributed by atoms with Crippen LogP contribution in [0.5, 0.6) is 0 Å². The molecule has 2 nitrogen and oxygen atoms in total. The summed E-state index contributed by atoms with van der Waals surface area (Å²) in [6, 6.07) is 0. The molecule has 1 aromatic rings. The Kier molecular flexibility index (Phi) is 10.3. The number of hydrogen-bond acceptors (Lipinski definition) is 0. The van der Waals surface area contributed by atoms with Gasteiger partial charge in [0.2, 0.25) is 0 Å². The molecule has 0 aliphatic rings. The third kappa shape index (κ3) is 7.15. The molecule has 2 heteroatoms. The van der Waals surface area contributed by atoms with Crippen molar-refractivity contribution in [3.05, 3.63) is 18.2 Å². The average Bonchev–Trinajstić information content (AvgIpc) is 2.89. The van der Waals surface area contributed by atoms with E-state index < -0.39 is 0 Å². The predicted molar refractivity (Wildman–Crippen MR) is 91.5 cm³/mol. The summed E-state index contributed by atoms with van der Waals surface area (Å²) in [6.45, 7) is 9.26. The highest BCUT2D eigenvalue weighted by Gasteiger charge is 2.14. The lowest BCUT2D eigenvalue weighted by Crippen LogP contribution is -2.37. The summed E-state index contributed by atoms with van der Waals surface area (Å²) in [6.07, 6.45) is 19.4. The Morgan fingerprint density at radius 1 is 0.810 bits per heavy atom. The highest BCUT2D eigenvalue weighted by molar-refractivity contribution is 4.83. The minimum Gasteiger partial charge on any atom is -0.234 e. The van der Waals surface area contributed by atoms with E-state index in [0.29, 0.717) is 0 Å². The molecule has 0 aliphatic carbocycles. The molecule has 0 radical (unpaired) electrons. The molecule has 0 spiro atoms. The van der Waals surface area contributed by atoms with Gasteiger partial charge in [0.1, 0.15) is 12.4 Å². The van der Waals surface area contributed by atoms with E-state index in [1.807, 2.05) is 0 Å². The zero-order valence-corrected chi connectivity index (χ0v) is 14.7. The molecule has 0 aliphatic heterocycles. The molecule has 1 rings (SSSR count). The first kappa shape index (κ1) is 18.3. The van der Waals surface area contributed by atoms with Crippen LogP contribution in [0, 0.1) is 0 Å². The standard InChI is InChI=1S/C19H37N2/c1-4-7-9-11-12-14-16-21-18-17-20(19(21)6-3)15-13-10-8-5-2/h17-18H,4-16H2,1-3H3/q+1. The average molecular weight is 294 g/mol. The van der Waals surface area contributed by atoms with Crippen molar-refractivity contribution in [2.45, 2.75) is 104 Å². The number of unbranched alkanes of at least 4 members (excludes halogenated alkanes) is 8. The van der Waals surface area contributed by atoms with Crippen molar-refractivity contribution >= 4 is 0 Å². The van der Waals surface area contributed by atoms with Gasteiger partial charge in [-0.15, -0.1) is 0 Å². The number of aryl methyl sites for hydroxylation is 2. The summed E-state index contributed by atoms with van der Waals surface area (Å²) in [5, 5.41) is 0. The lowest BCUT2D eigenvalue weighted by molar-refractivity contribution is -0.704. The molecule has 0 atom stereocenters. The van der Waals surface area contributed by atoms with E-state index in [0.717, 1.165) is 6.42 Å².